The minimum absolute atomic E-state index is 0.110. The third-order valence-corrected chi connectivity index (χ3v) is 8.73. The topological polar surface area (TPSA) is 66.5 Å². The molecule has 1 amide bonds. The fourth-order valence-electron chi connectivity index (χ4n) is 3.76. The second kappa shape index (κ2) is 9.06. The standard InChI is InChI=1S/C21H27ClN2O3S2/c1-14-4-6-17(7-5-14)23-20(25)13-24(18-11-15(2)10-16(3)12-18)29(26,27)21-9-8-19(22)28-21/h8-12,14,17H,4-7,13H2,1-3H3,(H,23,25). The molecule has 29 heavy (non-hydrogen) atoms. The van der Waals surface area contributed by atoms with Crippen LogP contribution < -0.4 is 9.62 Å². The van der Waals surface area contributed by atoms with Gasteiger partial charge in [0.2, 0.25) is 5.91 Å². The molecule has 1 aliphatic rings. The van der Waals surface area contributed by atoms with Crippen LogP contribution in [0.15, 0.2) is 34.5 Å². The fraction of sp³-hybridized carbons (Fsp3) is 0.476. The van der Waals surface area contributed by atoms with Crippen LogP contribution in [0.5, 0.6) is 0 Å². The molecule has 1 heterocycles. The Labute approximate surface area is 182 Å². The third kappa shape index (κ3) is 5.53. The number of amides is 1. The zero-order valence-electron chi connectivity index (χ0n) is 16.9. The van der Waals surface area contributed by atoms with Gasteiger partial charge in [-0.3, -0.25) is 9.10 Å². The lowest BCUT2D eigenvalue weighted by Gasteiger charge is -2.29. The lowest BCUT2D eigenvalue weighted by Crippen LogP contribution is -2.45. The van der Waals surface area contributed by atoms with Crippen molar-refractivity contribution in [2.45, 2.75) is 56.7 Å². The molecule has 1 aromatic carbocycles. The Morgan fingerprint density at radius 1 is 1.14 bits per heavy atom. The van der Waals surface area contributed by atoms with Crippen LogP contribution in [0.25, 0.3) is 0 Å². The maximum Gasteiger partial charge on any atom is 0.274 e. The number of hydrogen-bond acceptors (Lipinski definition) is 4. The van der Waals surface area contributed by atoms with Gasteiger partial charge in [-0.25, -0.2) is 8.42 Å². The molecule has 0 saturated heterocycles. The number of nitrogens with one attached hydrogen (secondary N) is 1. The van der Waals surface area contributed by atoms with Gasteiger partial charge in [-0.2, -0.15) is 0 Å². The van der Waals surface area contributed by atoms with Crippen LogP contribution in [0.3, 0.4) is 0 Å². The zero-order chi connectivity index (χ0) is 21.2. The molecule has 158 valence electrons. The van der Waals surface area contributed by atoms with Crippen LogP contribution in [-0.4, -0.2) is 26.9 Å². The van der Waals surface area contributed by atoms with Crippen molar-refractivity contribution in [3.63, 3.8) is 0 Å². The van der Waals surface area contributed by atoms with Gasteiger partial charge >= 0.3 is 0 Å². The third-order valence-electron chi connectivity index (χ3n) is 5.26. The van der Waals surface area contributed by atoms with E-state index in [9.17, 15) is 13.2 Å². The highest BCUT2D eigenvalue weighted by Gasteiger charge is 2.30. The van der Waals surface area contributed by atoms with Crippen LogP contribution in [-0.2, 0) is 14.8 Å². The second-order valence-corrected chi connectivity index (χ2v) is 11.7. The normalized spacial score (nSPS) is 19.7. The molecule has 1 fully saturated rings. The zero-order valence-corrected chi connectivity index (χ0v) is 19.3. The molecule has 0 atom stereocenters. The Morgan fingerprint density at radius 2 is 1.76 bits per heavy atom. The number of halogens is 1. The summed E-state index contributed by atoms with van der Waals surface area (Å²) in [5, 5.41) is 3.03. The summed E-state index contributed by atoms with van der Waals surface area (Å²) in [5.41, 5.74) is 2.36. The lowest BCUT2D eigenvalue weighted by atomic mass is 9.87. The Hall–Kier alpha value is -1.57. The molecule has 0 bridgehead atoms. The molecule has 3 rings (SSSR count). The van der Waals surface area contributed by atoms with E-state index in [4.69, 9.17) is 11.6 Å². The maximum atomic E-state index is 13.3. The number of carbonyl (C=O) groups excluding carboxylic acids is 1. The van der Waals surface area contributed by atoms with E-state index < -0.39 is 10.0 Å². The van der Waals surface area contributed by atoms with E-state index in [-0.39, 0.29) is 22.7 Å². The maximum absolute atomic E-state index is 13.3. The van der Waals surface area contributed by atoms with Gasteiger partial charge < -0.3 is 5.32 Å². The Balaban J connectivity index is 1.87. The van der Waals surface area contributed by atoms with Crippen LogP contribution in [0.4, 0.5) is 5.69 Å². The number of aryl methyl sites for hydroxylation is 2. The summed E-state index contributed by atoms with van der Waals surface area (Å²) in [6.07, 6.45) is 4.03. The number of thiophene rings is 1. The van der Waals surface area contributed by atoms with Crippen LogP contribution >= 0.6 is 22.9 Å². The van der Waals surface area contributed by atoms with Crippen molar-refractivity contribution in [1.82, 2.24) is 5.32 Å². The average molecular weight is 455 g/mol. The SMILES string of the molecule is Cc1cc(C)cc(N(CC(=O)NC2CCC(C)CC2)S(=O)(=O)c2ccc(Cl)s2)c1. The number of sulfonamides is 1. The van der Waals surface area contributed by atoms with Gasteiger partial charge in [0, 0.05) is 6.04 Å². The van der Waals surface area contributed by atoms with Gasteiger partial charge in [0.15, 0.2) is 0 Å². The van der Waals surface area contributed by atoms with E-state index in [0.717, 1.165) is 48.1 Å². The highest BCUT2D eigenvalue weighted by molar-refractivity contribution is 7.94. The number of rotatable bonds is 6. The molecule has 5 nitrogen and oxygen atoms in total. The number of anilines is 1. The quantitative estimate of drug-likeness (QED) is 0.674. The summed E-state index contributed by atoms with van der Waals surface area (Å²) in [4.78, 5) is 12.8. The van der Waals surface area contributed by atoms with Crippen molar-refractivity contribution < 1.29 is 13.2 Å². The molecule has 0 radical (unpaired) electrons. The molecule has 0 unspecified atom stereocenters. The number of hydrogen-bond donors (Lipinski definition) is 1. The number of benzene rings is 1. The van der Waals surface area contributed by atoms with Gasteiger partial charge in [0.1, 0.15) is 10.8 Å². The van der Waals surface area contributed by atoms with Gasteiger partial charge in [-0.05, 0) is 80.8 Å². The van der Waals surface area contributed by atoms with E-state index in [1.165, 1.54) is 10.4 Å². The molecule has 8 heteroatoms. The summed E-state index contributed by atoms with van der Waals surface area (Å²) in [6, 6.07) is 8.70. The molecule has 1 saturated carbocycles. The molecule has 1 N–H and O–H groups in total. The predicted molar refractivity (Wildman–Crippen MR) is 119 cm³/mol. The van der Waals surface area contributed by atoms with E-state index in [2.05, 4.69) is 12.2 Å². The molecular weight excluding hydrogens is 428 g/mol. The van der Waals surface area contributed by atoms with E-state index in [1.807, 2.05) is 19.9 Å². The van der Waals surface area contributed by atoms with Gasteiger partial charge in [-0.15, -0.1) is 11.3 Å². The largest absolute Gasteiger partial charge is 0.352 e. The highest BCUT2D eigenvalue weighted by Crippen LogP contribution is 2.32. The van der Waals surface area contributed by atoms with Crippen molar-refractivity contribution in [3.8, 4) is 0 Å². The molecule has 1 aromatic heterocycles. The molecule has 1 aliphatic carbocycles. The smallest absolute Gasteiger partial charge is 0.274 e. The summed E-state index contributed by atoms with van der Waals surface area (Å²) in [5.74, 6) is 0.397. The molecule has 0 aliphatic heterocycles. The minimum atomic E-state index is -3.90. The summed E-state index contributed by atoms with van der Waals surface area (Å²) in [6.45, 7) is 5.78. The fourth-order valence-corrected chi connectivity index (χ4v) is 6.76. The Morgan fingerprint density at radius 3 is 2.31 bits per heavy atom. The van der Waals surface area contributed by atoms with E-state index in [0.29, 0.717) is 15.9 Å². The first-order chi connectivity index (χ1) is 13.6. The van der Waals surface area contributed by atoms with Crippen LogP contribution in [0.1, 0.15) is 43.7 Å². The lowest BCUT2D eigenvalue weighted by molar-refractivity contribution is -0.120. The predicted octanol–water partition coefficient (Wildman–Crippen LogP) is 4.91. The number of nitrogens with zero attached hydrogens (tertiary/aromatic N) is 1. The first-order valence-electron chi connectivity index (χ1n) is 9.81. The molecular formula is C21H27ClN2O3S2. The van der Waals surface area contributed by atoms with Crippen molar-refractivity contribution in [2.75, 3.05) is 10.8 Å². The van der Waals surface area contributed by atoms with Gasteiger partial charge in [-0.1, -0.05) is 24.6 Å². The summed E-state index contributed by atoms with van der Waals surface area (Å²) < 4.78 is 28.4. The summed E-state index contributed by atoms with van der Waals surface area (Å²) in [7, 11) is -3.90. The van der Waals surface area contributed by atoms with Crippen molar-refractivity contribution in [1.29, 1.82) is 0 Å². The summed E-state index contributed by atoms with van der Waals surface area (Å²) >= 11 is 6.96. The van der Waals surface area contributed by atoms with Crippen LogP contribution in [0.2, 0.25) is 4.34 Å². The minimum Gasteiger partial charge on any atom is -0.352 e. The Bertz CT molecular complexity index is 959. The molecule has 2 aromatic rings. The van der Waals surface area contributed by atoms with Crippen molar-refractivity contribution in [2.24, 2.45) is 5.92 Å². The monoisotopic (exact) mass is 454 g/mol. The van der Waals surface area contributed by atoms with Gasteiger partial charge in [0.25, 0.3) is 10.0 Å². The van der Waals surface area contributed by atoms with Crippen LogP contribution in [0, 0.1) is 19.8 Å². The van der Waals surface area contributed by atoms with Gasteiger partial charge in [0.05, 0.1) is 10.0 Å². The second-order valence-electron chi connectivity index (χ2n) is 7.94. The Kier molecular flexibility index (Phi) is 6.91. The molecule has 0 spiro atoms. The number of carbonyl (C=O) groups is 1. The van der Waals surface area contributed by atoms with E-state index >= 15 is 0 Å². The van der Waals surface area contributed by atoms with Crippen molar-refractivity contribution in [3.05, 3.63) is 45.8 Å². The van der Waals surface area contributed by atoms with E-state index in [1.54, 1.807) is 18.2 Å². The average Bonchev–Trinajstić information content (AvgIpc) is 3.08. The van der Waals surface area contributed by atoms with Crippen molar-refractivity contribution >= 4 is 44.6 Å². The highest BCUT2D eigenvalue weighted by atomic mass is 35.5. The first kappa shape index (κ1) is 22.1. The first-order valence-corrected chi connectivity index (χ1v) is 12.4.